The Hall–Kier alpha value is -0.410. The summed E-state index contributed by atoms with van der Waals surface area (Å²) in [7, 11) is 0. The van der Waals surface area contributed by atoms with Crippen LogP contribution in [-0.4, -0.2) is 5.67 Å². The molecule has 0 aromatic heterocycles. The smallest absolute Gasteiger partial charge is 0.108 e. The van der Waals surface area contributed by atoms with E-state index < -0.39 is 5.67 Å². The van der Waals surface area contributed by atoms with E-state index in [2.05, 4.69) is 15.9 Å². The van der Waals surface area contributed by atoms with Gasteiger partial charge in [-0.1, -0.05) is 28.1 Å². The van der Waals surface area contributed by atoms with Gasteiger partial charge in [0.05, 0.1) is 0 Å². The van der Waals surface area contributed by atoms with Gasteiger partial charge in [-0.2, -0.15) is 0 Å². The van der Waals surface area contributed by atoms with E-state index in [0.29, 0.717) is 12.8 Å². The lowest BCUT2D eigenvalue weighted by atomic mass is 9.73. The van der Waals surface area contributed by atoms with Crippen LogP contribution in [0.15, 0.2) is 28.7 Å². The zero-order chi connectivity index (χ0) is 11.8. The third-order valence-electron chi connectivity index (χ3n) is 3.58. The van der Waals surface area contributed by atoms with Crippen molar-refractivity contribution in [3.05, 3.63) is 34.3 Å². The summed E-state index contributed by atoms with van der Waals surface area (Å²) >= 11 is 3.45. The van der Waals surface area contributed by atoms with E-state index in [9.17, 15) is 4.39 Å². The Morgan fingerprint density at radius 2 is 1.88 bits per heavy atom. The fraction of sp³-hybridized carbons (Fsp3) is 0.538. The molecular weight excluding hydrogens is 269 g/mol. The molecule has 1 aliphatic rings. The molecule has 1 aromatic carbocycles. The maximum Gasteiger partial charge on any atom is 0.108 e. The highest BCUT2D eigenvalue weighted by Gasteiger charge is 2.38. The van der Waals surface area contributed by atoms with Crippen LogP contribution in [0.1, 0.15) is 38.2 Å². The van der Waals surface area contributed by atoms with E-state index in [-0.39, 0.29) is 5.54 Å². The molecule has 1 saturated carbocycles. The van der Waals surface area contributed by atoms with Crippen LogP contribution in [0.3, 0.4) is 0 Å². The van der Waals surface area contributed by atoms with Crippen LogP contribution < -0.4 is 5.73 Å². The number of halogens is 2. The molecule has 0 atom stereocenters. The van der Waals surface area contributed by atoms with Gasteiger partial charge in [0.25, 0.3) is 0 Å². The largest absolute Gasteiger partial charge is 0.321 e. The molecule has 16 heavy (non-hydrogen) atoms. The first kappa shape index (κ1) is 12.1. The van der Waals surface area contributed by atoms with Gasteiger partial charge in [-0.3, -0.25) is 0 Å². The molecular formula is C13H17BrFN. The number of hydrogen-bond acceptors (Lipinski definition) is 1. The fourth-order valence-electron chi connectivity index (χ4n) is 2.30. The van der Waals surface area contributed by atoms with Crippen molar-refractivity contribution in [1.82, 2.24) is 0 Å². The highest BCUT2D eigenvalue weighted by Crippen LogP contribution is 2.41. The lowest BCUT2D eigenvalue weighted by Crippen LogP contribution is -2.43. The standard InChI is InChI=1S/C13H17BrFN/c1-12(15)5-7-13(16,8-6-12)10-3-2-4-11(14)9-10/h2-4,9H,5-8,16H2,1H3. The minimum absolute atomic E-state index is 0.352. The molecule has 0 bridgehead atoms. The summed E-state index contributed by atoms with van der Waals surface area (Å²) < 4.78 is 14.8. The Morgan fingerprint density at radius 1 is 1.25 bits per heavy atom. The number of benzene rings is 1. The third-order valence-corrected chi connectivity index (χ3v) is 4.08. The van der Waals surface area contributed by atoms with Crippen LogP contribution in [0.4, 0.5) is 4.39 Å². The quantitative estimate of drug-likeness (QED) is 0.832. The second-order valence-electron chi connectivity index (χ2n) is 5.08. The molecule has 1 aromatic rings. The summed E-state index contributed by atoms with van der Waals surface area (Å²) in [4.78, 5) is 0. The van der Waals surface area contributed by atoms with Crippen molar-refractivity contribution in [2.45, 2.75) is 43.8 Å². The van der Waals surface area contributed by atoms with Gasteiger partial charge in [0.15, 0.2) is 0 Å². The lowest BCUT2D eigenvalue weighted by Gasteiger charge is -2.39. The molecule has 3 heteroatoms. The van der Waals surface area contributed by atoms with Gasteiger partial charge < -0.3 is 5.73 Å². The van der Waals surface area contributed by atoms with Gasteiger partial charge in [-0.25, -0.2) is 4.39 Å². The van der Waals surface area contributed by atoms with Crippen molar-refractivity contribution in [3.8, 4) is 0 Å². The van der Waals surface area contributed by atoms with E-state index in [1.807, 2.05) is 24.3 Å². The Morgan fingerprint density at radius 3 is 2.44 bits per heavy atom. The molecule has 1 nitrogen and oxygen atoms in total. The van der Waals surface area contributed by atoms with Crippen molar-refractivity contribution < 1.29 is 4.39 Å². The minimum Gasteiger partial charge on any atom is -0.321 e. The molecule has 2 rings (SSSR count). The average molecular weight is 286 g/mol. The van der Waals surface area contributed by atoms with E-state index in [1.165, 1.54) is 0 Å². The molecule has 0 saturated heterocycles. The molecule has 1 fully saturated rings. The summed E-state index contributed by atoms with van der Waals surface area (Å²) in [5, 5.41) is 0. The van der Waals surface area contributed by atoms with Crippen LogP contribution in [-0.2, 0) is 5.54 Å². The number of hydrogen-bond donors (Lipinski definition) is 1. The topological polar surface area (TPSA) is 26.0 Å². The van der Waals surface area contributed by atoms with Gasteiger partial charge in [0.1, 0.15) is 5.67 Å². The molecule has 0 unspecified atom stereocenters. The molecule has 88 valence electrons. The van der Waals surface area contributed by atoms with Crippen molar-refractivity contribution in [1.29, 1.82) is 0 Å². The van der Waals surface area contributed by atoms with Crippen LogP contribution in [0, 0.1) is 0 Å². The predicted molar refractivity (Wildman–Crippen MR) is 68.0 cm³/mol. The molecule has 0 spiro atoms. The minimum atomic E-state index is -1.03. The van der Waals surface area contributed by atoms with Gasteiger partial charge in [0.2, 0.25) is 0 Å². The second-order valence-corrected chi connectivity index (χ2v) is 6.00. The molecule has 2 N–H and O–H groups in total. The van der Waals surface area contributed by atoms with E-state index in [1.54, 1.807) is 6.92 Å². The zero-order valence-electron chi connectivity index (χ0n) is 9.47. The number of alkyl halides is 1. The van der Waals surface area contributed by atoms with Crippen molar-refractivity contribution >= 4 is 15.9 Å². The third kappa shape index (κ3) is 2.46. The Kier molecular flexibility index (Phi) is 3.10. The van der Waals surface area contributed by atoms with E-state index >= 15 is 0 Å². The van der Waals surface area contributed by atoms with Crippen LogP contribution in [0.5, 0.6) is 0 Å². The maximum atomic E-state index is 13.7. The highest BCUT2D eigenvalue weighted by molar-refractivity contribution is 9.10. The SMILES string of the molecule is CC1(F)CCC(N)(c2cccc(Br)c2)CC1. The van der Waals surface area contributed by atoms with Gasteiger partial charge in [-0.15, -0.1) is 0 Å². The fourth-order valence-corrected chi connectivity index (χ4v) is 2.70. The van der Waals surface area contributed by atoms with Crippen molar-refractivity contribution in [2.24, 2.45) is 5.73 Å². The maximum absolute atomic E-state index is 13.7. The monoisotopic (exact) mass is 285 g/mol. The summed E-state index contributed by atoms with van der Waals surface area (Å²) in [5.74, 6) is 0. The van der Waals surface area contributed by atoms with Crippen LogP contribution in [0.25, 0.3) is 0 Å². The van der Waals surface area contributed by atoms with Crippen LogP contribution >= 0.6 is 15.9 Å². The predicted octanol–water partition coefficient (Wildman–Crippen LogP) is 3.91. The first-order valence-electron chi connectivity index (χ1n) is 5.65. The molecule has 1 aliphatic carbocycles. The van der Waals surface area contributed by atoms with E-state index in [4.69, 9.17) is 5.73 Å². The highest BCUT2D eigenvalue weighted by atomic mass is 79.9. The molecule has 0 aliphatic heterocycles. The summed E-state index contributed by atoms with van der Waals surface area (Å²) in [5.41, 5.74) is 6.11. The number of nitrogens with two attached hydrogens (primary N) is 1. The summed E-state index contributed by atoms with van der Waals surface area (Å²) in [6, 6.07) is 8.04. The Labute approximate surface area is 104 Å². The molecule has 0 radical (unpaired) electrons. The van der Waals surface area contributed by atoms with Crippen LogP contribution in [0.2, 0.25) is 0 Å². The summed E-state index contributed by atoms with van der Waals surface area (Å²) in [6.45, 7) is 1.67. The number of rotatable bonds is 1. The van der Waals surface area contributed by atoms with Gasteiger partial charge in [-0.05, 0) is 50.3 Å². The average Bonchev–Trinajstić information content (AvgIpc) is 2.23. The van der Waals surface area contributed by atoms with Crippen molar-refractivity contribution in [2.75, 3.05) is 0 Å². The first-order valence-corrected chi connectivity index (χ1v) is 6.45. The second kappa shape index (κ2) is 4.11. The Balaban J connectivity index is 2.21. The first-order chi connectivity index (χ1) is 7.41. The van der Waals surface area contributed by atoms with Gasteiger partial charge in [0, 0.05) is 10.0 Å². The summed E-state index contributed by atoms with van der Waals surface area (Å²) in [6.07, 6.45) is 2.54. The molecule has 0 amide bonds. The zero-order valence-corrected chi connectivity index (χ0v) is 11.1. The van der Waals surface area contributed by atoms with Gasteiger partial charge >= 0.3 is 0 Å². The van der Waals surface area contributed by atoms with Crippen molar-refractivity contribution in [3.63, 3.8) is 0 Å². The normalized spacial score (nSPS) is 35.0. The van der Waals surface area contributed by atoms with E-state index in [0.717, 1.165) is 22.9 Å². The Bertz CT molecular complexity index is 379. The lowest BCUT2D eigenvalue weighted by molar-refractivity contribution is 0.0898. The molecule has 0 heterocycles.